The van der Waals surface area contributed by atoms with E-state index in [1.54, 1.807) is 6.33 Å². The van der Waals surface area contributed by atoms with Gasteiger partial charge in [-0.2, -0.15) is 0 Å². The number of carbonyl (C=O) groups excluding carboxylic acids is 2. The number of nitrogens with zero attached hydrogens (tertiary/aromatic N) is 4. The molecule has 9 nitrogen and oxygen atoms in total. The monoisotopic (exact) mass is 603 g/mol. The molecule has 2 fully saturated rings. The van der Waals surface area contributed by atoms with Crippen LogP contribution in [-0.2, 0) is 35.5 Å². The molecule has 1 saturated heterocycles. The summed E-state index contributed by atoms with van der Waals surface area (Å²) in [5, 5.41) is 11.6. The minimum atomic E-state index is -0.662. The number of piperidine rings is 1. The summed E-state index contributed by atoms with van der Waals surface area (Å²) in [5.74, 6) is 0.720. The molecule has 1 aliphatic carbocycles. The molecule has 10 heteroatoms. The van der Waals surface area contributed by atoms with Crippen LogP contribution in [-0.4, -0.2) is 56.7 Å². The molecule has 6 rings (SSSR count). The van der Waals surface area contributed by atoms with Crippen LogP contribution in [0.3, 0.4) is 0 Å². The van der Waals surface area contributed by atoms with Gasteiger partial charge in [0.25, 0.3) is 0 Å². The molecule has 228 valence electrons. The lowest BCUT2D eigenvalue weighted by Crippen LogP contribution is -2.57. The van der Waals surface area contributed by atoms with Crippen molar-refractivity contribution in [1.82, 2.24) is 30.3 Å². The Morgan fingerprint density at radius 1 is 1.05 bits per heavy atom. The fraction of sp³-hybridized carbons (Fsp3) is 0.515. The third-order valence-electron chi connectivity index (χ3n) is 9.94. The number of fused-ring (bicyclic) bond motifs is 1. The first-order valence-electron chi connectivity index (χ1n) is 15.7. The molecule has 0 spiro atoms. The Hall–Kier alpha value is -3.43. The topological polar surface area (TPSA) is 118 Å². The third kappa shape index (κ3) is 6.88. The van der Waals surface area contributed by atoms with E-state index in [0.717, 1.165) is 24.9 Å². The van der Waals surface area contributed by atoms with E-state index in [4.69, 9.17) is 17.3 Å². The quantitative estimate of drug-likeness (QED) is 0.356. The van der Waals surface area contributed by atoms with Gasteiger partial charge in [0.2, 0.25) is 17.8 Å². The van der Waals surface area contributed by atoms with Crippen molar-refractivity contribution in [2.24, 2.45) is 11.3 Å². The number of aromatic nitrogens is 3. The predicted molar refractivity (Wildman–Crippen MR) is 167 cm³/mol. The number of amides is 2. The van der Waals surface area contributed by atoms with Gasteiger partial charge in [-0.3, -0.25) is 14.3 Å². The average molecular weight is 604 g/mol. The summed E-state index contributed by atoms with van der Waals surface area (Å²) in [6, 6.07) is 14.7. The standard InChI is InChI=1S/C33H42ClN7O2/c34-27-12-10-23(11-13-27)18-29(38-30(42)28-19-24-6-4-5-7-25(24)20-36-28)31(43)40-16-14-33(15-17-40,26-8-2-1-3-9-26)21-41-22-37-32(35)39-41/h4-7,10-13,22,26,28-29,36H,1-3,8-9,14-21H2,(H2,35,39)(H,38,42)/t28-,29-/m1/s1. The van der Waals surface area contributed by atoms with Crippen molar-refractivity contribution in [3.05, 3.63) is 76.6 Å². The Morgan fingerprint density at radius 2 is 1.77 bits per heavy atom. The zero-order valence-electron chi connectivity index (χ0n) is 24.7. The molecule has 3 aliphatic rings. The maximum Gasteiger partial charge on any atom is 0.245 e. The van der Waals surface area contributed by atoms with Gasteiger partial charge in [-0.15, -0.1) is 5.10 Å². The third-order valence-corrected chi connectivity index (χ3v) is 10.2. The highest BCUT2D eigenvalue weighted by molar-refractivity contribution is 6.30. The van der Waals surface area contributed by atoms with Crippen molar-refractivity contribution in [3.8, 4) is 0 Å². The van der Waals surface area contributed by atoms with Gasteiger partial charge in [0.1, 0.15) is 12.4 Å². The summed E-state index contributed by atoms with van der Waals surface area (Å²) in [6.45, 7) is 2.71. The van der Waals surface area contributed by atoms with Crippen molar-refractivity contribution >= 4 is 29.4 Å². The Morgan fingerprint density at radius 3 is 2.47 bits per heavy atom. The molecule has 1 aromatic heterocycles. The van der Waals surface area contributed by atoms with Crippen molar-refractivity contribution in [3.63, 3.8) is 0 Å². The van der Waals surface area contributed by atoms with Gasteiger partial charge in [0.05, 0.1) is 6.04 Å². The normalized spacial score (nSPS) is 21.1. The summed E-state index contributed by atoms with van der Waals surface area (Å²) in [7, 11) is 0. The van der Waals surface area contributed by atoms with Crippen LogP contribution in [0.25, 0.3) is 0 Å². The molecule has 4 N–H and O–H groups in total. The number of anilines is 1. The number of hydrogen-bond donors (Lipinski definition) is 3. The van der Waals surface area contributed by atoms with Crippen LogP contribution in [0.2, 0.25) is 5.02 Å². The number of rotatable bonds is 8. The summed E-state index contributed by atoms with van der Waals surface area (Å²) >= 11 is 6.14. The summed E-state index contributed by atoms with van der Waals surface area (Å²) in [6.07, 6.45) is 10.8. The highest BCUT2D eigenvalue weighted by Crippen LogP contribution is 2.47. The van der Waals surface area contributed by atoms with Crippen molar-refractivity contribution in [1.29, 1.82) is 0 Å². The molecule has 2 aliphatic heterocycles. The number of nitrogens with two attached hydrogens (primary N) is 1. The van der Waals surface area contributed by atoms with Gasteiger partial charge >= 0.3 is 0 Å². The number of hydrogen-bond acceptors (Lipinski definition) is 6. The summed E-state index contributed by atoms with van der Waals surface area (Å²) < 4.78 is 1.89. The van der Waals surface area contributed by atoms with E-state index in [-0.39, 0.29) is 23.3 Å². The zero-order chi connectivity index (χ0) is 29.8. The minimum absolute atomic E-state index is 0.0262. The van der Waals surface area contributed by atoms with Gasteiger partial charge in [-0.05, 0) is 72.3 Å². The number of nitrogens with one attached hydrogen (secondary N) is 2. The molecular weight excluding hydrogens is 562 g/mol. The molecule has 2 amide bonds. The molecule has 2 aromatic carbocycles. The number of likely N-dealkylation sites (tertiary alicyclic amines) is 1. The second kappa shape index (κ2) is 13.1. The predicted octanol–water partition coefficient (Wildman–Crippen LogP) is 4.14. The Kier molecular flexibility index (Phi) is 9.00. The SMILES string of the molecule is Nc1ncn(CC2(C3CCCCC3)CCN(C(=O)[C@@H](Cc3ccc(Cl)cc3)NC(=O)[C@H]3Cc4ccccc4CN3)CC2)n1. The Labute approximate surface area is 258 Å². The van der Waals surface area contributed by atoms with Crippen LogP contribution < -0.4 is 16.4 Å². The van der Waals surface area contributed by atoms with Crippen LogP contribution in [0.1, 0.15) is 61.6 Å². The summed E-state index contributed by atoms with van der Waals surface area (Å²) in [4.78, 5) is 33.8. The van der Waals surface area contributed by atoms with Crippen molar-refractivity contribution in [2.75, 3.05) is 18.8 Å². The molecule has 43 heavy (non-hydrogen) atoms. The molecule has 0 radical (unpaired) electrons. The molecule has 2 atom stereocenters. The van der Waals surface area contributed by atoms with Gasteiger partial charge in [0.15, 0.2) is 0 Å². The second-order valence-electron chi connectivity index (χ2n) is 12.6. The fourth-order valence-corrected chi connectivity index (χ4v) is 7.61. The molecular formula is C33H42ClN7O2. The Bertz CT molecular complexity index is 1410. The maximum absolute atomic E-state index is 14.2. The van der Waals surface area contributed by atoms with E-state index in [9.17, 15) is 9.59 Å². The smallest absolute Gasteiger partial charge is 0.245 e. The van der Waals surface area contributed by atoms with Crippen LogP contribution in [0.5, 0.6) is 0 Å². The van der Waals surface area contributed by atoms with Crippen LogP contribution in [0.4, 0.5) is 5.95 Å². The fourth-order valence-electron chi connectivity index (χ4n) is 7.48. The van der Waals surface area contributed by atoms with Crippen molar-refractivity contribution < 1.29 is 9.59 Å². The van der Waals surface area contributed by atoms with E-state index < -0.39 is 6.04 Å². The largest absolute Gasteiger partial charge is 0.367 e. The van der Waals surface area contributed by atoms with E-state index in [1.165, 1.54) is 43.2 Å². The molecule has 0 unspecified atom stereocenters. The Balaban J connectivity index is 1.17. The van der Waals surface area contributed by atoms with E-state index in [1.807, 2.05) is 46.0 Å². The van der Waals surface area contributed by atoms with Crippen LogP contribution >= 0.6 is 11.6 Å². The van der Waals surface area contributed by atoms with Crippen LogP contribution in [0.15, 0.2) is 54.9 Å². The van der Waals surface area contributed by atoms with Gasteiger partial charge < -0.3 is 21.3 Å². The first-order chi connectivity index (χ1) is 20.9. The first kappa shape index (κ1) is 29.6. The lowest BCUT2D eigenvalue weighted by molar-refractivity contribution is -0.140. The minimum Gasteiger partial charge on any atom is -0.367 e. The number of benzene rings is 2. The van der Waals surface area contributed by atoms with E-state index in [2.05, 4.69) is 32.8 Å². The zero-order valence-corrected chi connectivity index (χ0v) is 25.4. The number of halogens is 1. The van der Waals surface area contributed by atoms with E-state index in [0.29, 0.717) is 49.4 Å². The highest BCUT2D eigenvalue weighted by Gasteiger charge is 2.44. The van der Waals surface area contributed by atoms with Gasteiger partial charge in [0, 0.05) is 37.6 Å². The lowest BCUT2D eigenvalue weighted by Gasteiger charge is -2.48. The van der Waals surface area contributed by atoms with Crippen molar-refractivity contribution in [2.45, 2.75) is 83.0 Å². The average Bonchev–Trinajstić information content (AvgIpc) is 3.45. The number of carbonyl (C=O) groups is 2. The summed E-state index contributed by atoms with van der Waals surface area (Å²) in [5.41, 5.74) is 9.24. The van der Waals surface area contributed by atoms with Gasteiger partial charge in [-0.25, -0.2) is 4.98 Å². The lowest BCUT2D eigenvalue weighted by atomic mass is 9.63. The highest BCUT2D eigenvalue weighted by atomic mass is 35.5. The van der Waals surface area contributed by atoms with E-state index >= 15 is 0 Å². The first-order valence-corrected chi connectivity index (χ1v) is 16.0. The molecule has 3 heterocycles. The van der Waals surface area contributed by atoms with Gasteiger partial charge in [-0.1, -0.05) is 67.3 Å². The number of nitrogen functional groups attached to an aromatic ring is 1. The van der Waals surface area contributed by atoms with Crippen LogP contribution in [0, 0.1) is 11.3 Å². The molecule has 1 saturated carbocycles. The molecule has 0 bridgehead atoms. The second-order valence-corrected chi connectivity index (χ2v) is 13.1. The maximum atomic E-state index is 14.2. The molecule has 3 aromatic rings.